The molecule has 2 aromatic carbocycles. The molecule has 0 bridgehead atoms. The van der Waals surface area contributed by atoms with Crippen molar-refractivity contribution in [2.45, 2.75) is 42.7 Å². The molecule has 32 heavy (non-hydrogen) atoms. The first kappa shape index (κ1) is 23.0. The first-order valence-electron chi connectivity index (χ1n) is 10.4. The van der Waals surface area contributed by atoms with Gasteiger partial charge in [-0.1, -0.05) is 17.7 Å². The molecule has 0 atom stereocenters. The molecule has 1 aliphatic rings. The number of halogens is 3. The summed E-state index contributed by atoms with van der Waals surface area (Å²) in [7, 11) is -4.04. The molecule has 0 saturated carbocycles. The van der Waals surface area contributed by atoms with Gasteiger partial charge in [-0.05, 0) is 57.2 Å². The standard InChI is InChI=1S/C23H26ClF2N3O2S/c1-23(2,3)28-11-9-27(10-12-28)17-5-4-6-18(14-17)32(30,31)21-15-29(22(25)26)20-8-7-16(24)13-19(20)21/h4-8,13-15,22H,9-12H2,1-3H3. The number of rotatable bonds is 4. The Morgan fingerprint density at radius 3 is 2.31 bits per heavy atom. The number of anilines is 1. The van der Waals surface area contributed by atoms with Crippen molar-refractivity contribution in [1.29, 1.82) is 0 Å². The molecule has 5 nitrogen and oxygen atoms in total. The number of hydrogen-bond acceptors (Lipinski definition) is 4. The highest BCUT2D eigenvalue weighted by Crippen LogP contribution is 2.35. The monoisotopic (exact) mass is 481 g/mol. The van der Waals surface area contributed by atoms with Crippen LogP contribution in [0.25, 0.3) is 10.9 Å². The van der Waals surface area contributed by atoms with Crippen LogP contribution in [0.15, 0.2) is 58.5 Å². The van der Waals surface area contributed by atoms with Crippen LogP contribution in [-0.4, -0.2) is 49.6 Å². The zero-order valence-corrected chi connectivity index (χ0v) is 19.8. The minimum atomic E-state index is -4.04. The van der Waals surface area contributed by atoms with Crippen molar-refractivity contribution in [3.63, 3.8) is 0 Å². The van der Waals surface area contributed by atoms with Crippen molar-refractivity contribution in [3.8, 4) is 0 Å². The van der Waals surface area contributed by atoms with E-state index in [1.54, 1.807) is 12.1 Å². The van der Waals surface area contributed by atoms with Crippen molar-refractivity contribution in [2.75, 3.05) is 31.1 Å². The normalized spacial score (nSPS) is 16.3. The average molecular weight is 482 g/mol. The lowest BCUT2D eigenvalue weighted by Crippen LogP contribution is -2.53. The minimum absolute atomic E-state index is 0.0709. The summed E-state index contributed by atoms with van der Waals surface area (Å²) in [4.78, 5) is 4.44. The maximum Gasteiger partial charge on any atom is 0.319 e. The highest BCUT2D eigenvalue weighted by molar-refractivity contribution is 7.91. The van der Waals surface area contributed by atoms with Crippen LogP contribution in [0, 0.1) is 0 Å². The summed E-state index contributed by atoms with van der Waals surface area (Å²) in [6, 6.07) is 11.0. The third-order valence-corrected chi connectivity index (χ3v) is 7.99. The number of sulfone groups is 1. The predicted octanol–water partition coefficient (Wildman–Crippen LogP) is 5.44. The van der Waals surface area contributed by atoms with Gasteiger partial charge in [-0.2, -0.15) is 8.78 Å². The number of aromatic nitrogens is 1. The molecule has 0 N–H and O–H groups in total. The molecule has 1 aliphatic heterocycles. The maximum absolute atomic E-state index is 13.5. The SMILES string of the molecule is CC(C)(C)N1CCN(c2cccc(S(=O)(=O)c3cn(C(F)F)c4ccc(Cl)cc34)c2)CC1. The summed E-state index contributed by atoms with van der Waals surface area (Å²) >= 11 is 6.04. The van der Waals surface area contributed by atoms with Crippen molar-refractivity contribution < 1.29 is 17.2 Å². The molecule has 3 aromatic rings. The summed E-state index contributed by atoms with van der Waals surface area (Å²) in [6.07, 6.45) is 0.996. The number of fused-ring (bicyclic) bond motifs is 1. The zero-order valence-electron chi connectivity index (χ0n) is 18.2. The van der Waals surface area contributed by atoms with Gasteiger partial charge in [0.2, 0.25) is 9.84 Å². The fraction of sp³-hybridized carbons (Fsp3) is 0.391. The van der Waals surface area contributed by atoms with Crippen molar-refractivity contribution in [3.05, 3.63) is 53.7 Å². The van der Waals surface area contributed by atoms with Gasteiger partial charge in [-0.25, -0.2) is 8.42 Å². The highest BCUT2D eigenvalue weighted by atomic mass is 35.5. The van der Waals surface area contributed by atoms with E-state index in [0.717, 1.165) is 38.1 Å². The molecule has 9 heteroatoms. The van der Waals surface area contributed by atoms with Crippen LogP contribution in [0.5, 0.6) is 0 Å². The molecule has 1 aromatic heterocycles. The first-order chi connectivity index (χ1) is 15.0. The van der Waals surface area contributed by atoms with E-state index >= 15 is 0 Å². The third kappa shape index (κ3) is 4.23. The van der Waals surface area contributed by atoms with Gasteiger partial charge >= 0.3 is 6.55 Å². The Morgan fingerprint density at radius 1 is 1.00 bits per heavy atom. The van der Waals surface area contributed by atoms with Crippen molar-refractivity contribution >= 4 is 38.0 Å². The summed E-state index contributed by atoms with van der Waals surface area (Å²) in [6.45, 7) is 6.98. The van der Waals surface area contributed by atoms with E-state index in [-0.39, 0.29) is 31.3 Å². The molecule has 0 amide bonds. The fourth-order valence-corrected chi connectivity index (χ4v) is 5.85. The summed E-state index contributed by atoms with van der Waals surface area (Å²) in [5.74, 6) is 0. The molecule has 0 spiro atoms. The molecule has 4 rings (SSSR count). The average Bonchev–Trinajstić information content (AvgIpc) is 3.13. The van der Waals surface area contributed by atoms with Crippen molar-refractivity contribution in [2.24, 2.45) is 0 Å². The summed E-state index contributed by atoms with van der Waals surface area (Å²) < 4.78 is 54.7. The van der Waals surface area contributed by atoms with Gasteiger partial charge in [0.05, 0.1) is 15.3 Å². The smallest absolute Gasteiger partial charge is 0.319 e. The minimum Gasteiger partial charge on any atom is -0.369 e. The third-order valence-electron chi connectivity index (χ3n) is 5.98. The molecular formula is C23H26ClF2N3O2S. The van der Waals surface area contributed by atoms with E-state index in [9.17, 15) is 17.2 Å². The Morgan fingerprint density at radius 2 is 1.69 bits per heavy atom. The largest absolute Gasteiger partial charge is 0.369 e. The van der Waals surface area contributed by atoms with Crippen LogP contribution < -0.4 is 4.90 Å². The van der Waals surface area contributed by atoms with Gasteiger partial charge in [-0.3, -0.25) is 9.47 Å². The first-order valence-corrected chi connectivity index (χ1v) is 12.3. The van der Waals surface area contributed by atoms with Gasteiger partial charge in [-0.15, -0.1) is 0 Å². The van der Waals surface area contributed by atoms with Crippen LogP contribution in [0.4, 0.5) is 14.5 Å². The number of nitrogens with zero attached hydrogens (tertiary/aromatic N) is 3. The van der Waals surface area contributed by atoms with Crippen LogP contribution in [0.1, 0.15) is 27.3 Å². The molecule has 2 heterocycles. The van der Waals surface area contributed by atoms with Gasteiger partial charge < -0.3 is 4.90 Å². The molecular weight excluding hydrogens is 456 g/mol. The molecule has 1 fully saturated rings. The summed E-state index contributed by atoms with van der Waals surface area (Å²) in [5, 5.41) is 0.466. The van der Waals surface area contributed by atoms with Crippen LogP contribution >= 0.6 is 11.6 Å². The van der Waals surface area contributed by atoms with E-state index in [1.807, 2.05) is 6.07 Å². The topological polar surface area (TPSA) is 45.6 Å². The predicted molar refractivity (Wildman–Crippen MR) is 124 cm³/mol. The van der Waals surface area contributed by atoms with Gasteiger partial charge in [0, 0.05) is 54.0 Å². The lowest BCUT2D eigenvalue weighted by atomic mass is 10.0. The van der Waals surface area contributed by atoms with E-state index in [2.05, 4.69) is 30.6 Å². The van der Waals surface area contributed by atoms with E-state index < -0.39 is 16.4 Å². The number of piperazine rings is 1. The fourth-order valence-electron chi connectivity index (χ4n) is 4.18. The van der Waals surface area contributed by atoms with Crippen LogP contribution in [-0.2, 0) is 9.84 Å². The molecule has 172 valence electrons. The lowest BCUT2D eigenvalue weighted by Gasteiger charge is -2.43. The molecule has 0 aliphatic carbocycles. The van der Waals surface area contributed by atoms with Crippen LogP contribution in [0.3, 0.4) is 0 Å². The van der Waals surface area contributed by atoms with Gasteiger partial charge in [0.25, 0.3) is 0 Å². The Bertz CT molecular complexity index is 1240. The Kier molecular flexibility index (Phi) is 5.98. The quantitative estimate of drug-likeness (QED) is 0.497. The van der Waals surface area contributed by atoms with E-state index in [4.69, 9.17) is 11.6 Å². The second-order valence-electron chi connectivity index (χ2n) is 8.99. The number of alkyl halides is 2. The van der Waals surface area contributed by atoms with E-state index in [1.165, 1.54) is 24.3 Å². The molecule has 0 radical (unpaired) electrons. The Hall–Kier alpha value is -2.16. The van der Waals surface area contributed by atoms with Gasteiger partial charge in [0.1, 0.15) is 0 Å². The molecule has 1 saturated heterocycles. The maximum atomic E-state index is 13.5. The second kappa shape index (κ2) is 8.32. The van der Waals surface area contributed by atoms with Crippen molar-refractivity contribution in [1.82, 2.24) is 9.47 Å². The lowest BCUT2D eigenvalue weighted by molar-refractivity contribution is 0.0748. The highest BCUT2D eigenvalue weighted by Gasteiger charge is 2.28. The van der Waals surface area contributed by atoms with Gasteiger partial charge in [0.15, 0.2) is 0 Å². The zero-order chi connectivity index (χ0) is 23.3. The summed E-state index contributed by atoms with van der Waals surface area (Å²) in [5.41, 5.74) is 1.00. The Labute approximate surface area is 192 Å². The second-order valence-corrected chi connectivity index (χ2v) is 11.3. The number of hydrogen-bond donors (Lipinski definition) is 0. The van der Waals surface area contributed by atoms with Crippen LogP contribution in [0.2, 0.25) is 5.02 Å². The van der Waals surface area contributed by atoms with E-state index in [0.29, 0.717) is 4.57 Å². The Balaban J connectivity index is 1.70. The molecule has 0 unspecified atom stereocenters. The number of benzene rings is 2.